The van der Waals surface area contributed by atoms with E-state index >= 15 is 0 Å². The Morgan fingerprint density at radius 2 is 2.21 bits per heavy atom. The minimum Gasteiger partial charge on any atom is -0.317 e. The molecular weight excluding hydrogens is 174 g/mol. The fraction of sp³-hybridized carbons (Fsp3) is 0.727. The van der Waals surface area contributed by atoms with E-state index in [0.29, 0.717) is 0 Å². The lowest BCUT2D eigenvalue weighted by Gasteiger charge is -2.22. The second-order valence-corrected chi connectivity index (χ2v) is 4.30. The second kappa shape index (κ2) is 4.13. The topological polar surface area (TPSA) is 29.9 Å². The van der Waals surface area contributed by atoms with Gasteiger partial charge in [0.2, 0.25) is 0 Å². The van der Waals surface area contributed by atoms with Gasteiger partial charge in [0.25, 0.3) is 0 Å². The maximum Gasteiger partial charge on any atom is 0.0521 e. The molecule has 1 aromatic heterocycles. The van der Waals surface area contributed by atoms with E-state index in [-0.39, 0.29) is 0 Å². The smallest absolute Gasteiger partial charge is 0.0521 e. The molecule has 0 radical (unpaired) electrons. The third-order valence-electron chi connectivity index (χ3n) is 3.21. The van der Waals surface area contributed by atoms with Gasteiger partial charge in [-0.05, 0) is 50.8 Å². The number of aryl methyl sites for hydroxylation is 2. The summed E-state index contributed by atoms with van der Waals surface area (Å²) < 4.78 is 2.03. The number of hydrogen-bond acceptors (Lipinski definition) is 2. The van der Waals surface area contributed by atoms with Crippen LogP contribution in [0.5, 0.6) is 0 Å². The van der Waals surface area contributed by atoms with Crippen LogP contribution in [0.3, 0.4) is 0 Å². The summed E-state index contributed by atoms with van der Waals surface area (Å²) >= 11 is 0. The summed E-state index contributed by atoms with van der Waals surface area (Å²) in [6.45, 7) is 4.52. The molecule has 1 aliphatic heterocycles. The summed E-state index contributed by atoms with van der Waals surface area (Å²) in [5, 5.41) is 7.68. The largest absolute Gasteiger partial charge is 0.317 e. The summed E-state index contributed by atoms with van der Waals surface area (Å²) in [5.41, 5.74) is 2.75. The highest BCUT2D eigenvalue weighted by Crippen LogP contribution is 2.19. The van der Waals surface area contributed by atoms with Crippen molar-refractivity contribution in [1.82, 2.24) is 15.1 Å². The Kier molecular flexibility index (Phi) is 2.87. The van der Waals surface area contributed by atoms with Crippen molar-refractivity contribution in [2.24, 2.45) is 13.0 Å². The third kappa shape index (κ3) is 1.98. The van der Waals surface area contributed by atoms with Crippen molar-refractivity contribution >= 4 is 0 Å². The highest BCUT2D eigenvalue weighted by Gasteiger charge is 2.16. The van der Waals surface area contributed by atoms with Gasteiger partial charge in [-0.2, -0.15) is 5.10 Å². The first-order valence-electron chi connectivity index (χ1n) is 5.45. The molecule has 1 aromatic rings. The van der Waals surface area contributed by atoms with Crippen LogP contribution in [0.25, 0.3) is 0 Å². The van der Waals surface area contributed by atoms with E-state index in [1.807, 2.05) is 17.9 Å². The first-order chi connectivity index (χ1) is 6.77. The average molecular weight is 193 g/mol. The van der Waals surface area contributed by atoms with Crippen molar-refractivity contribution in [2.45, 2.75) is 26.2 Å². The maximum atomic E-state index is 4.28. The molecule has 1 fully saturated rings. The summed E-state index contributed by atoms with van der Waals surface area (Å²) in [7, 11) is 2.05. The molecule has 0 atom stereocenters. The first kappa shape index (κ1) is 9.71. The molecule has 1 aliphatic rings. The van der Waals surface area contributed by atoms with Gasteiger partial charge in [-0.25, -0.2) is 0 Å². The van der Waals surface area contributed by atoms with E-state index in [2.05, 4.69) is 17.3 Å². The van der Waals surface area contributed by atoms with Crippen LogP contribution in [0.1, 0.15) is 24.1 Å². The van der Waals surface area contributed by atoms with Crippen LogP contribution >= 0.6 is 0 Å². The SMILES string of the molecule is Cc1cnn(C)c1CC1CCNCC1. The number of nitrogens with one attached hydrogen (secondary N) is 1. The molecule has 0 aromatic carbocycles. The van der Waals surface area contributed by atoms with Gasteiger partial charge in [0.15, 0.2) is 0 Å². The lowest BCUT2D eigenvalue weighted by molar-refractivity contribution is 0.365. The lowest BCUT2D eigenvalue weighted by atomic mass is 9.92. The lowest BCUT2D eigenvalue weighted by Crippen LogP contribution is -2.29. The maximum absolute atomic E-state index is 4.28. The molecule has 0 unspecified atom stereocenters. The Morgan fingerprint density at radius 1 is 1.50 bits per heavy atom. The molecule has 2 heterocycles. The predicted molar refractivity (Wildman–Crippen MR) is 57.2 cm³/mol. The van der Waals surface area contributed by atoms with Crippen molar-refractivity contribution < 1.29 is 0 Å². The Labute approximate surface area is 85.5 Å². The van der Waals surface area contributed by atoms with Crippen LogP contribution in [0.15, 0.2) is 6.20 Å². The highest BCUT2D eigenvalue weighted by atomic mass is 15.3. The Morgan fingerprint density at radius 3 is 2.79 bits per heavy atom. The molecule has 78 valence electrons. The molecular formula is C11H19N3. The van der Waals surface area contributed by atoms with Gasteiger partial charge >= 0.3 is 0 Å². The van der Waals surface area contributed by atoms with Gasteiger partial charge < -0.3 is 5.32 Å². The van der Waals surface area contributed by atoms with Gasteiger partial charge in [-0.3, -0.25) is 4.68 Å². The summed E-state index contributed by atoms with van der Waals surface area (Å²) in [5.74, 6) is 0.852. The van der Waals surface area contributed by atoms with E-state index in [4.69, 9.17) is 0 Å². The van der Waals surface area contributed by atoms with Gasteiger partial charge in [0.1, 0.15) is 0 Å². The van der Waals surface area contributed by atoms with Gasteiger partial charge in [0.05, 0.1) is 6.20 Å². The van der Waals surface area contributed by atoms with Crippen LogP contribution < -0.4 is 5.32 Å². The van der Waals surface area contributed by atoms with Crippen LogP contribution in [0, 0.1) is 12.8 Å². The van der Waals surface area contributed by atoms with Gasteiger partial charge in [0, 0.05) is 12.7 Å². The zero-order valence-electron chi connectivity index (χ0n) is 9.08. The minimum absolute atomic E-state index is 0.852. The molecule has 3 nitrogen and oxygen atoms in total. The normalized spacial score (nSPS) is 18.7. The average Bonchev–Trinajstić information content (AvgIpc) is 2.51. The molecule has 0 bridgehead atoms. The fourth-order valence-corrected chi connectivity index (χ4v) is 2.22. The third-order valence-corrected chi connectivity index (χ3v) is 3.21. The summed E-state index contributed by atoms with van der Waals surface area (Å²) in [6.07, 6.45) is 5.79. The van der Waals surface area contributed by atoms with Crippen molar-refractivity contribution in [2.75, 3.05) is 13.1 Å². The zero-order valence-corrected chi connectivity index (χ0v) is 9.08. The van der Waals surface area contributed by atoms with Crippen LogP contribution in [0.2, 0.25) is 0 Å². The quantitative estimate of drug-likeness (QED) is 0.766. The van der Waals surface area contributed by atoms with E-state index in [1.165, 1.54) is 43.6 Å². The fourth-order valence-electron chi connectivity index (χ4n) is 2.22. The van der Waals surface area contributed by atoms with Crippen molar-refractivity contribution in [3.05, 3.63) is 17.5 Å². The van der Waals surface area contributed by atoms with Crippen molar-refractivity contribution in [3.8, 4) is 0 Å². The Bertz CT molecular complexity index is 278. The Balaban J connectivity index is 2.02. The molecule has 0 saturated carbocycles. The summed E-state index contributed by atoms with van der Waals surface area (Å²) in [6, 6.07) is 0. The van der Waals surface area contributed by atoms with Crippen LogP contribution in [0.4, 0.5) is 0 Å². The molecule has 1 saturated heterocycles. The van der Waals surface area contributed by atoms with Crippen molar-refractivity contribution in [3.63, 3.8) is 0 Å². The second-order valence-electron chi connectivity index (χ2n) is 4.30. The van der Waals surface area contributed by atoms with Gasteiger partial charge in [-0.1, -0.05) is 0 Å². The van der Waals surface area contributed by atoms with Crippen LogP contribution in [-0.4, -0.2) is 22.9 Å². The van der Waals surface area contributed by atoms with E-state index in [9.17, 15) is 0 Å². The van der Waals surface area contributed by atoms with Gasteiger partial charge in [-0.15, -0.1) is 0 Å². The minimum atomic E-state index is 0.852. The number of piperidine rings is 1. The molecule has 14 heavy (non-hydrogen) atoms. The molecule has 1 N–H and O–H groups in total. The highest BCUT2D eigenvalue weighted by molar-refractivity contribution is 5.16. The number of hydrogen-bond donors (Lipinski definition) is 1. The van der Waals surface area contributed by atoms with Crippen molar-refractivity contribution in [1.29, 1.82) is 0 Å². The molecule has 0 aliphatic carbocycles. The standard InChI is InChI=1S/C11H19N3/c1-9-8-13-14(2)11(9)7-10-3-5-12-6-4-10/h8,10,12H,3-7H2,1-2H3. The zero-order chi connectivity index (χ0) is 9.97. The predicted octanol–water partition coefficient (Wildman–Crippen LogP) is 1.27. The number of aromatic nitrogens is 2. The van der Waals surface area contributed by atoms with Crippen LogP contribution in [-0.2, 0) is 13.5 Å². The Hall–Kier alpha value is -0.830. The summed E-state index contributed by atoms with van der Waals surface area (Å²) in [4.78, 5) is 0. The number of rotatable bonds is 2. The molecule has 0 spiro atoms. The van der Waals surface area contributed by atoms with E-state index in [1.54, 1.807) is 0 Å². The van der Waals surface area contributed by atoms with E-state index in [0.717, 1.165) is 5.92 Å². The van der Waals surface area contributed by atoms with E-state index < -0.39 is 0 Å². The monoisotopic (exact) mass is 193 g/mol. The number of nitrogens with zero attached hydrogens (tertiary/aromatic N) is 2. The molecule has 2 rings (SSSR count). The first-order valence-corrected chi connectivity index (χ1v) is 5.45. The molecule has 3 heteroatoms. The molecule has 0 amide bonds.